The lowest BCUT2D eigenvalue weighted by Gasteiger charge is -2.32. The summed E-state index contributed by atoms with van der Waals surface area (Å²) in [5, 5.41) is 4.34. The maximum Gasteiger partial charge on any atom is 0.421 e. The standard InChI is InChI=1S/C20H18F3N5O2/c1-3-30-18-15(20(21,22)23)4-5-16(26-18)27-11-12(2)28-17(19(27)29)14(10-25-28)13-6-8-24-9-7-13/h4-10,12H,3,11H2,1-2H3/t12-/m0/s1. The van der Waals surface area contributed by atoms with Crippen LogP contribution in [0, 0.1) is 0 Å². The Morgan fingerprint density at radius 2 is 1.93 bits per heavy atom. The van der Waals surface area contributed by atoms with E-state index in [1.807, 2.05) is 6.92 Å². The van der Waals surface area contributed by atoms with Crippen LogP contribution in [0.5, 0.6) is 5.88 Å². The summed E-state index contributed by atoms with van der Waals surface area (Å²) in [5.74, 6) is -0.847. The average molecular weight is 417 g/mol. The van der Waals surface area contributed by atoms with Gasteiger partial charge in [-0.2, -0.15) is 23.3 Å². The van der Waals surface area contributed by atoms with Crippen molar-refractivity contribution < 1.29 is 22.7 Å². The Labute approximate surface area is 170 Å². The maximum atomic E-state index is 13.3. The molecule has 3 aromatic heterocycles. The third kappa shape index (κ3) is 3.38. The fraction of sp³-hybridized carbons (Fsp3) is 0.300. The van der Waals surface area contributed by atoms with Crippen molar-refractivity contribution in [1.82, 2.24) is 19.7 Å². The summed E-state index contributed by atoms with van der Waals surface area (Å²) < 4.78 is 46.5. The van der Waals surface area contributed by atoms with Crippen molar-refractivity contribution in [3.8, 4) is 17.0 Å². The minimum absolute atomic E-state index is 0.0167. The van der Waals surface area contributed by atoms with Crippen LogP contribution in [-0.4, -0.2) is 38.8 Å². The van der Waals surface area contributed by atoms with Crippen molar-refractivity contribution in [2.45, 2.75) is 26.1 Å². The van der Waals surface area contributed by atoms with E-state index < -0.39 is 23.5 Å². The average Bonchev–Trinajstić information content (AvgIpc) is 3.17. The van der Waals surface area contributed by atoms with Crippen LogP contribution in [0.1, 0.15) is 35.9 Å². The molecule has 4 heterocycles. The third-order valence-electron chi connectivity index (χ3n) is 4.81. The highest BCUT2D eigenvalue weighted by Crippen LogP contribution is 2.38. The summed E-state index contributed by atoms with van der Waals surface area (Å²) in [5.41, 5.74) is 0.757. The second kappa shape index (κ2) is 7.43. The van der Waals surface area contributed by atoms with E-state index in [9.17, 15) is 18.0 Å². The van der Waals surface area contributed by atoms with E-state index in [2.05, 4.69) is 15.1 Å². The van der Waals surface area contributed by atoms with Crippen LogP contribution in [0.25, 0.3) is 11.1 Å². The number of carbonyl (C=O) groups excluding carboxylic acids is 1. The molecule has 0 fully saturated rings. The van der Waals surface area contributed by atoms with Crippen molar-refractivity contribution in [2.75, 3.05) is 18.1 Å². The molecule has 3 aromatic rings. The molecule has 1 amide bonds. The molecule has 0 aliphatic carbocycles. The molecule has 156 valence electrons. The zero-order chi connectivity index (χ0) is 21.5. The quantitative estimate of drug-likeness (QED) is 0.642. The van der Waals surface area contributed by atoms with Gasteiger partial charge in [-0.3, -0.25) is 19.4 Å². The molecule has 4 rings (SSSR count). The zero-order valence-corrected chi connectivity index (χ0v) is 16.2. The summed E-state index contributed by atoms with van der Waals surface area (Å²) >= 11 is 0. The Balaban J connectivity index is 1.77. The molecule has 0 radical (unpaired) electrons. The van der Waals surface area contributed by atoms with E-state index in [4.69, 9.17) is 4.74 Å². The van der Waals surface area contributed by atoms with Crippen molar-refractivity contribution in [2.24, 2.45) is 0 Å². The van der Waals surface area contributed by atoms with Gasteiger partial charge in [0.2, 0.25) is 5.88 Å². The normalized spacial score (nSPS) is 16.5. The van der Waals surface area contributed by atoms with Crippen molar-refractivity contribution in [3.05, 3.63) is 54.1 Å². The van der Waals surface area contributed by atoms with Crippen molar-refractivity contribution in [1.29, 1.82) is 0 Å². The number of hydrogen-bond acceptors (Lipinski definition) is 5. The van der Waals surface area contributed by atoms with E-state index in [-0.39, 0.29) is 25.0 Å². The first kappa shape index (κ1) is 19.9. The number of nitrogens with zero attached hydrogens (tertiary/aromatic N) is 5. The van der Waals surface area contributed by atoms with Crippen LogP contribution >= 0.6 is 0 Å². The topological polar surface area (TPSA) is 73.1 Å². The van der Waals surface area contributed by atoms with Crippen LogP contribution < -0.4 is 9.64 Å². The second-order valence-corrected chi connectivity index (χ2v) is 6.81. The summed E-state index contributed by atoms with van der Waals surface area (Å²) in [7, 11) is 0. The minimum atomic E-state index is -4.61. The first-order valence-electron chi connectivity index (χ1n) is 9.32. The predicted octanol–water partition coefficient (Wildman–Crippen LogP) is 3.98. The molecule has 0 saturated heterocycles. The molecule has 1 atom stereocenters. The van der Waals surface area contributed by atoms with Gasteiger partial charge in [0.15, 0.2) is 0 Å². The van der Waals surface area contributed by atoms with Crippen LogP contribution in [0.4, 0.5) is 19.0 Å². The molecule has 7 nitrogen and oxygen atoms in total. The molecular formula is C20H18F3N5O2. The number of rotatable bonds is 4. The fourth-order valence-corrected chi connectivity index (χ4v) is 3.45. The van der Waals surface area contributed by atoms with E-state index in [0.717, 1.165) is 11.6 Å². The summed E-state index contributed by atoms with van der Waals surface area (Å²) in [6, 6.07) is 5.40. The highest BCUT2D eigenvalue weighted by molar-refractivity contribution is 6.09. The molecule has 10 heteroatoms. The number of carbonyl (C=O) groups is 1. The fourth-order valence-electron chi connectivity index (χ4n) is 3.45. The van der Waals surface area contributed by atoms with Gasteiger partial charge in [0.05, 0.1) is 18.8 Å². The predicted molar refractivity (Wildman–Crippen MR) is 102 cm³/mol. The van der Waals surface area contributed by atoms with Crippen LogP contribution in [0.3, 0.4) is 0 Å². The number of ether oxygens (including phenoxy) is 1. The van der Waals surface area contributed by atoms with Gasteiger partial charge in [-0.05, 0) is 43.7 Å². The Kier molecular flexibility index (Phi) is 4.92. The molecule has 1 aliphatic heterocycles. The summed E-state index contributed by atoms with van der Waals surface area (Å²) in [4.78, 5) is 22.7. The van der Waals surface area contributed by atoms with E-state index in [1.165, 1.54) is 11.0 Å². The summed E-state index contributed by atoms with van der Waals surface area (Å²) in [6.07, 6.45) is 0.218. The first-order chi connectivity index (χ1) is 14.3. The van der Waals surface area contributed by atoms with E-state index >= 15 is 0 Å². The lowest BCUT2D eigenvalue weighted by Crippen LogP contribution is -2.43. The van der Waals surface area contributed by atoms with Gasteiger partial charge in [0, 0.05) is 24.5 Å². The van der Waals surface area contributed by atoms with Gasteiger partial charge in [-0.15, -0.1) is 0 Å². The molecule has 0 aromatic carbocycles. The highest BCUT2D eigenvalue weighted by Gasteiger charge is 2.38. The minimum Gasteiger partial charge on any atom is -0.477 e. The number of fused-ring (bicyclic) bond motifs is 1. The van der Waals surface area contributed by atoms with E-state index in [1.54, 1.807) is 42.3 Å². The SMILES string of the molecule is CCOc1nc(N2C[C@H](C)n3ncc(-c4ccncc4)c3C2=O)ccc1C(F)(F)F. The number of hydrogen-bond donors (Lipinski definition) is 0. The number of anilines is 1. The Morgan fingerprint density at radius 3 is 2.60 bits per heavy atom. The monoisotopic (exact) mass is 417 g/mol. The van der Waals surface area contributed by atoms with Gasteiger partial charge >= 0.3 is 6.18 Å². The van der Waals surface area contributed by atoms with Crippen molar-refractivity contribution >= 4 is 11.7 Å². The molecule has 1 aliphatic rings. The summed E-state index contributed by atoms with van der Waals surface area (Å²) in [6.45, 7) is 3.68. The van der Waals surface area contributed by atoms with Gasteiger partial charge in [0.25, 0.3) is 5.91 Å². The highest BCUT2D eigenvalue weighted by atomic mass is 19.4. The van der Waals surface area contributed by atoms with Gasteiger partial charge < -0.3 is 4.74 Å². The lowest BCUT2D eigenvalue weighted by molar-refractivity contribution is -0.139. The largest absolute Gasteiger partial charge is 0.477 e. The Hall–Kier alpha value is -3.43. The van der Waals surface area contributed by atoms with Gasteiger partial charge in [-0.25, -0.2) is 0 Å². The zero-order valence-electron chi connectivity index (χ0n) is 16.2. The number of pyridine rings is 2. The lowest BCUT2D eigenvalue weighted by atomic mass is 10.0. The smallest absolute Gasteiger partial charge is 0.421 e. The Morgan fingerprint density at radius 1 is 1.20 bits per heavy atom. The number of halogens is 3. The van der Waals surface area contributed by atoms with Crippen LogP contribution in [0.15, 0.2) is 42.9 Å². The second-order valence-electron chi connectivity index (χ2n) is 6.81. The van der Waals surface area contributed by atoms with Gasteiger partial charge in [-0.1, -0.05) is 0 Å². The first-order valence-corrected chi connectivity index (χ1v) is 9.32. The molecular weight excluding hydrogens is 399 g/mol. The Bertz CT molecular complexity index is 1080. The molecule has 0 N–H and O–H groups in total. The van der Waals surface area contributed by atoms with Crippen LogP contribution in [0.2, 0.25) is 0 Å². The molecule has 0 saturated carbocycles. The molecule has 0 unspecified atom stereocenters. The number of aromatic nitrogens is 4. The van der Waals surface area contributed by atoms with E-state index in [0.29, 0.717) is 11.3 Å². The van der Waals surface area contributed by atoms with Gasteiger partial charge in [0.1, 0.15) is 17.1 Å². The number of alkyl halides is 3. The molecule has 30 heavy (non-hydrogen) atoms. The molecule has 0 bridgehead atoms. The van der Waals surface area contributed by atoms with Crippen molar-refractivity contribution in [3.63, 3.8) is 0 Å². The van der Waals surface area contributed by atoms with Crippen LogP contribution in [-0.2, 0) is 6.18 Å². The third-order valence-corrected chi connectivity index (χ3v) is 4.81. The molecule has 0 spiro atoms. The number of amides is 1. The maximum absolute atomic E-state index is 13.3.